The molecular formula is C32H36Cl2N2O4. The summed E-state index contributed by atoms with van der Waals surface area (Å²) in [6.45, 7) is 8.02. The smallest absolute Gasteiger partial charge is 0.262 e. The molecule has 3 atom stereocenters. The number of carbonyl (C=O) groups excluding carboxylic acids is 1. The first kappa shape index (κ1) is 28.7. The second-order valence-corrected chi connectivity index (χ2v) is 11.7. The van der Waals surface area contributed by atoms with Crippen LogP contribution in [0.5, 0.6) is 5.75 Å². The monoisotopic (exact) mass is 582 g/mol. The summed E-state index contributed by atoms with van der Waals surface area (Å²) in [5.74, 6) is 1.55. The zero-order valence-corrected chi connectivity index (χ0v) is 24.5. The van der Waals surface area contributed by atoms with E-state index in [0.29, 0.717) is 54.0 Å². The van der Waals surface area contributed by atoms with Gasteiger partial charge in [-0.1, -0.05) is 61.3 Å². The molecule has 3 aromatic carbocycles. The fourth-order valence-electron chi connectivity index (χ4n) is 5.57. The average Bonchev–Trinajstić information content (AvgIpc) is 2.96. The topological polar surface area (TPSA) is 60.0 Å². The first-order chi connectivity index (χ1) is 19.4. The molecule has 212 valence electrons. The van der Waals surface area contributed by atoms with Crippen LogP contribution in [0.25, 0.3) is 0 Å². The Kier molecular flexibility index (Phi) is 9.53. The molecule has 0 unspecified atom stereocenters. The number of anilines is 2. The Morgan fingerprint density at radius 2 is 1.80 bits per heavy atom. The maximum Gasteiger partial charge on any atom is 0.262 e. The SMILES string of the molecule is CC(C)[C@@H]1C[C@H](c2cccc(Cl)c2)CO[C@H]1c1ccc(OCC(=O)Nc2ccc(N3CCOCC3)c(Cl)c2)cc1. The molecule has 2 heterocycles. The lowest BCUT2D eigenvalue weighted by atomic mass is 9.76. The van der Waals surface area contributed by atoms with Crippen LogP contribution in [-0.4, -0.2) is 45.4 Å². The number of carbonyl (C=O) groups is 1. The molecule has 6 nitrogen and oxygen atoms in total. The van der Waals surface area contributed by atoms with Gasteiger partial charge in [0.2, 0.25) is 0 Å². The highest BCUT2D eigenvalue weighted by Crippen LogP contribution is 2.44. The van der Waals surface area contributed by atoms with Crippen molar-refractivity contribution in [3.05, 3.63) is 87.9 Å². The fourth-order valence-corrected chi connectivity index (χ4v) is 6.07. The van der Waals surface area contributed by atoms with Crippen LogP contribution in [0.3, 0.4) is 0 Å². The minimum absolute atomic E-state index is 0.0120. The van der Waals surface area contributed by atoms with E-state index in [4.69, 9.17) is 37.4 Å². The maximum atomic E-state index is 12.6. The number of morpholine rings is 1. The summed E-state index contributed by atoms with van der Waals surface area (Å²) >= 11 is 12.7. The van der Waals surface area contributed by atoms with Crippen LogP contribution in [0, 0.1) is 11.8 Å². The Labute approximate surface area is 246 Å². The Balaban J connectivity index is 1.15. The number of amides is 1. The van der Waals surface area contributed by atoms with E-state index >= 15 is 0 Å². The highest BCUT2D eigenvalue weighted by molar-refractivity contribution is 6.33. The third-order valence-corrected chi connectivity index (χ3v) is 8.30. The standard InChI is InChI=1S/C32H36Cl2N2O4/c1-21(2)28-17-24(23-4-3-5-25(33)16-23)19-40-32(28)22-6-9-27(10-7-22)39-20-31(37)35-26-8-11-30(29(34)18-26)36-12-14-38-15-13-36/h3-11,16,18,21,24,28,32H,12-15,17,19-20H2,1-2H3,(H,35,37)/t24-,28-,32-/m0/s1. The number of nitrogens with zero attached hydrogens (tertiary/aromatic N) is 1. The number of rotatable bonds is 8. The molecule has 1 N–H and O–H groups in total. The van der Waals surface area contributed by atoms with Crippen LogP contribution in [0.2, 0.25) is 10.0 Å². The number of hydrogen-bond acceptors (Lipinski definition) is 5. The Morgan fingerprint density at radius 3 is 2.50 bits per heavy atom. The molecule has 2 fully saturated rings. The Morgan fingerprint density at radius 1 is 1.02 bits per heavy atom. The van der Waals surface area contributed by atoms with Gasteiger partial charge in [-0.25, -0.2) is 0 Å². The van der Waals surface area contributed by atoms with Gasteiger partial charge < -0.3 is 24.4 Å². The van der Waals surface area contributed by atoms with Gasteiger partial charge >= 0.3 is 0 Å². The van der Waals surface area contributed by atoms with Gasteiger partial charge in [0.15, 0.2) is 6.61 Å². The summed E-state index contributed by atoms with van der Waals surface area (Å²) in [5.41, 5.74) is 3.93. The van der Waals surface area contributed by atoms with Crippen LogP contribution in [0.1, 0.15) is 43.4 Å². The lowest BCUT2D eigenvalue weighted by Gasteiger charge is -2.39. The van der Waals surface area contributed by atoms with Gasteiger partial charge in [0.1, 0.15) is 5.75 Å². The van der Waals surface area contributed by atoms with E-state index in [0.717, 1.165) is 35.8 Å². The Hall–Kier alpha value is -2.77. The van der Waals surface area contributed by atoms with E-state index in [1.54, 1.807) is 6.07 Å². The van der Waals surface area contributed by atoms with Gasteiger partial charge in [-0.15, -0.1) is 0 Å². The Bertz CT molecular complexity index is 1290. The molecule has 40 heavy (non-hydrogen) atoms. The minimum atomic E-state index is -0.248. The van der Waals surface area contributed by atoms with Crippen LogP contribution in [0.4, 0.5) is 11.4 Å². The maximum absolute atomic E-state index is 12.6. The van der Waals surface area contributed by atoms with Crippen molar-refractivity contribution in [2.75, 3.05) is 49.7 Å². The molecule has 0 aliphatic carbocycles. The number of ether oxygens (including phenoxy) is 3. The van der Waals surface area contributed by atoms with Crippen LogP contribution in [0.15, 0.2) is 66.7 Å². The number of hydrogen-bond donors (Lipinski definition) is 1. The lowest BCUT2D eigenvalue weighted by Crippen LogP contribution is -2.36. The molecule has 2 saturated heterocycles. The molecule has 8 heteroatoms. The van der Waals surface area contributed by atoms with Gasteiger partial charge in [0, 0.05) is 29.7 Å². The lowest BCUT2D eigenvalue weighted by molar-refractivity contribution is -0.118. The molecule has 0 saturated carbocycles. The van der Waals surface area contributed by atoms with E-state index in [9.17, 15) is 4.79 Å². The molecule has 2 aliphatic rings. The van der Waals surface area contributed by atoms with Crippen molar-refractivity contribution in [1.82, 2.24) is 0 Å². The minimum Gasteiger partial charge on any atom is -0.484 e. The van der Waals surface area contributed by atoms with Crippen LogP contribution in [-0.2, 0) is 14.3 Å². The summed E-state index contributed by atoms with van der Waals surface area (Å²) in [4.78, 5) is 14.7. The fraction of sp³-hybridized carbons (Fsp3) is 0.406. The predicted octanol–water partition coefficient (Wildman–Crippen LogP) is 7.36. The van der Waals surface area contributed by atoms with Crippen molar-refractivity contribution in [2.24, 2.45) is 11.8 Å². The number of halogens is 2. The van der Waals surface area contributed by atoms with Gasteiger partial charge in [-0.2, -0.15) is 0 Å². The molecule has 0 aromatic heterocycles. The van der Waals surface area contributed by atoms with Gasteiger partial charge in [-0.05, 0) is 71.8 Å². The first-order valence-electron chi connectivity index (χ1n) is 13.9. The second kappa shape index (κ2) is 13.3. The highest BCUT2D eigenvalue weighted by Gasteiger charge is 2.35. The van der Waals surface area contributed by atoms with Crippen molar-refractivity contribution in [2.45, 2.75) is 32.3 Å². The van der Waals surface area contributed by atoms with Gasteiger partial charge in [-0.3, -0.25) is 4.79 Å². The van der Waals surface area contributed by atoms with Crippen LogP contribution < -0.4 is 15.0 Å². The second-order valence-electron chi connectivity index (χ2n) is 10.8. The zero-order valence-electron chi connectivity index (χ0n) is 22.9. The molecule has 1 amide bonds. The normalized spacial score (nSPS) is 21.3. The molecular weight excluding hydrogens is 547 g/mol. The molecule has 3 aromatic rings. The van der Waals surface area contributed by atoms with Gasteiger partial charge in [0.05, 0.1) is 36.6 Å². The van der Waals surface area contributed by atoms with Crippen molar-refractivity contribution in [3.8, 4) is 5.75 Å². The van der Waals surface area contributed by atoms with E-state index in [2.05, 4.69) is 30.1 Å². The van der Waals surface area contributed by atoms with Crippen molar-refractivity contribution in [3.63, 3.8) is 0 Å². The van der Waals surface area contributed by atoms with E-state index in [1.807, 2.05) is 54.6 Å². The van der Waals surface area contributed by atoms with Crippen molar-refractivity contribution >= 4 is 40.5 Å². The third kappa shape index (κ3) is 7.10. The molecule has 0 spiro atoms. The largest absolute Gasteiger partial charge is 0.484 e. The van der Waals surface area contributed by atoms with Crippen molar-refractivity contribution in [1.29, 1.82) is 0 Å². The van der Waals surface area contributed by atoms with Gasteiger partial charge in [0.25, 0.3) is 5.91 Å². The van der Waals surface area contributed by atoms with E-state index in [1.165, 1.54) is 5.56 Å². The summed E-state index contributed by atoms with van der Waals surface area (Å²) in [6.07, 6.45) is 1.05. The number of nitrogens with one attached hydrogen (secondary N) is 1. The predicted molar refractivity (Wildman–Crippen MR) is 161 cm³/mol. The summed E-state index contributed by atoms with van der Waals surface area (Å²) in [5, 5.41) is 4.22. The summed E-state index contributed by atoms with van der Waals surface area (Å²) in [6, 6.07) is 21.5. The van der Waals surface area contributed by atoms with E-state index < -0.39 is 0 Å². The van der Waals surface area contributed by atoms with E-state index in [-0.39, 0.29) is 18.6 Å². The molecule has 5 rings (SSSR count). The molecule has 0 radical (unpaired) electrons. The third-order valence-electron chi connectivity index (χ3n) is 7.76. The zero-order chi connectivity index (χ0) is 28.1. The highest BCUT2D eigenvalue weighted by atomic mass is 35.5. The summed E-state index contributed by atoms with van der Waals surface area (Å²) in [7, 11) is 0. The summed E-state index contributed by atoms with van der Waals surface area (Å²) < 4.78 is 17.6. The quantitative estimate of drug-likeness (QED) is 0.300. The first-order valence-corrected chi connectivity index (χ1v) is 14.6. The van der Waals surface area contributed by atoms with Crippen molar-refractivity contribution < 1.29 is 19.0 Å². The number of benzene rings is 3. The molecule has 2 aliphatic heterocycles. The molecule has 0 bridgehead atoms. The average molecular weight is 584 g/mol. The van der Waals surface area contributed by atoms with Crippen LogP contribution >= 0.6 is 23.2 Å².